The summed E-state index contributed by atoms with van der Waals surface area (Å²) in [5.74, 6) is -0.204. The van der Waals surface area contributed by atoms with E-state index in [9.17, 15) is 13.2 Å². The maximum absolute atomic E-state index is 12.6. The molecule has 0 saturated heterocycles. The average Bonchev–Trinajstić information content (AvgIpc) is 2.66. The second kappa shape index (κ2) is 8.85. The van der Waals surface area contributed by atoms with Crippen LogP contribution in [0, 0.1) is 0 Å². The van der Waals surface area contributed by atoms with E-state index in [0.717, 1.165) is 19.3 Å². The van der Waals surface area contributed by atoms with Crippen molar-refractivity contribution in [3.05, 3.63) is 59.7 Å². The van der Waals surface area contributed by atoms with Gasteiger partial charge in [0.15, 0.2) is 0 Å². The fraction of sp³-hybridized carbons (Fsp3) is 0.350. The molecule has 0 fully saturated rings. The van der Waals surface area contributed by atoms with E-state index in [0.29, 0.717) is 17.8 Å². The quantitative estimate of drug-likeness (QED) is 0.761. The first-order valence-electron chi connectivity index (χ1n) is 8.84. The van der Waals surface area contributed by atoms with Gasteiger partial charge in [0.25, 0.3) is 15.9 Å². The van der Waals surface area contributed by atoms with Crippen molar-refractivity contribution in [1.82, 2.24) is 4.90 Å². The Labute approximate surface area is 156 Å². The van der Waals surface area contributed by atoms with Crippen molar-refractivity contribution >= 4 is 21.6 Å². The number of unbranched alkanes of at least 4 members (excludes halogenated alkanes) is 1. The minimum Gasteiger partial charge on any atom is -0.342 e. The van der Waals surface area contributed by atoms with Crippen molar-refractivity contribution in [1.29, 1.82) is 0 Å². The Balaban J connectivity index is 2.18. The number of nitrogens with zero attached hydrogens (tertiary/aromatic N) is 1. The summed E-state index contributed by atoms with van der Waals surface area (Å²) in [7, 11) is -2.07. The third-order valence-corrected chi connectivity index (χ3v) is 5.62. The molecule has 140 valence electrons. The van der Waals surface area contributed by atoms with Crippen LogP contribution in [0.4, 0.5) is 5.69 Å². The summed E-state index contributed by atoms with van der Waals surface area (Å²) in [4.78, 5) is 13.9. The number of nitrogens with one attached hydrogen (secondary N) is 1. The summed E-state index contributed by atoms with van der Waals surface area (Å²) < 4.78 is 27.8. The maximum atomic E-state index is 12.6. The van der Waals surface area contributed by atoms with E-state index in [1.165, 1.54) is 22.6 Å². The Morgan fingerprint density at radius 3 is 2.38 bits per heavy atom. The molecule has 0 spiro atoms. The van der Waals surface area contributed by atoms with Gasteiger partial charge in [-0.15, -0.1) is 0 Å². The molecule has 2 rings (SSSR count). The van der Waals surface area contributed by atoms with Crippen molar-refractivity contribution in [3.8, 4) is 0 Å². The van der Waals surface area contributed by atoms with Gasteiger partial charge in [-0.25, -0.2) is 8.42 Å². The van der Waals surface area contributed by atoms with Crippen LogP contribution in [0.3, 0.4) is 0 Å². The number of sulfonamides is 1. The highest BCUT2D eigenvalue weighted by Crippen LogP contribution is 2.19. The first-order valence-corrected chi connectivity index (χ1v) is 10.3. The Morgan fingerprint density at radius 1 is 1.08 bits per heavy atom. The van der Waals surface area contributed by atoms with E-state index in [1.807, 2.05) is 19.1 Å². The number of hydrogen-bond acceptors (Lipinski definition) is 3. The minimum atomic E-state index is -3.75. The van der Waals surface area contributed by atoms with Crippen LogP contribution in [0.25, 0.3) is 0 Å². The van der Waals surface area contributed by atoms with E-state index < -0.39 is 10.0 Å². The average molecular weight is 375 g/mol. The molecular weight excluding hydrogens is 348 g/mol. The van der Waals surface area contributed by atoms with Gasteiger partial charge in [-0.2, -0.15) is 0 Å². The molecule has 0 aliphatic rings. The van der Waals surface area contributed by atoms with Gasteiger partial charge >= 0.3 is 0 Å². The standard InChI is InChI=1S/C20H26N2O3S/c1-4-6-8-16-11-13-18(14-12-16)21-26(24,25)19-10-7-9-17(15-19)20(23)22(3)5-2/h7,9-15,21H,4-6,8H2,1-3H3. The second-order valence-electron chi connectivity index (χ2n) is 6.25. The SMILES string of the molecule is CCCCc1ccc(NS(=O)(=O)c2cccc(C(=O)N(C)CC)c2)cc1. The van der Waals surface area contributed by atoms with Crippen LogP contribution in [0.1, 0.15) is 42.6 Å². The van der Waals surface area contributed by atoms with Crippen LogP contribution in [-0.4, -0.2) is 32.8 Å². The number of carbonyl (C=O) groups excluding carboxylic acids is 1. The van der Waals surface area contributed by atoms with Gasteiger partial charge in [0, 0.05) is 24.8 Å². The highest BCUT2D eigenvalue weighted by atomic mass is 32.2. The van der Waals surface area contributed by atoms with Gasteiger partial charge in [-0.3, -0.25) is 9.52 Å². The van der Waals surface area contributed by atoms with Crippen LogP contribution in [-0.2, 0) is 16.4 Å². The maximum Gasteiger partial charge on any atom is 0.261 e. The van der Waals surface area contributed by atoms with Crippen LogP contribution >= 0.6 is 0 Å². The zero-order valence-corrected chi connectivity index (χ0v) is 16.3. The monoisotopic (exact) mass is 374 g/mol. The van der Waals surface area contributed by atoms with Crippen molar-refractivity contribution in [2.24, 2.45) is 0 Å². The number of benzene rings is 2. The van der Waals surface area contributed by atoms with Crippen molar-refractivity contribution in [2.45, 2.75) is 38.0 Å². The van der Waals surface area contributed by atoms with Crippen LogP contribution in [0.2, 0.25) is 0 Å². The third-order valence-electron chi connectivity index (χ3n) is 4.24. The summed E-state index contributed by atoms with van der Waals surface area (Å²) >= 11 is 0. The number of hydrogen-bond donors (Lipinski definition) is 1. The zero-order chi connectivity index (χ0) is 19.2. The van der Waals surface area contributed by atoms with E-state index >= 15 is 0 Å². The van der Waals surface area contributed by atoms with E-state index in [2.05, 4.69) is 11.6 Å². The molecule has 0 aromatic heterocycles. The molecule has 26 heavy (non-hydrogen) atoms. The summed E-state index contributed by atoms with van der Waals surface area (Å²) in [5, 5.41) is 0. The minimum absolute atomic E-state index is 0.0721. The molecule has 0 bridgehead atoms. The van der Waals surface area contributed by atoms with Gasteiger partial charge < -0.3 is 4.90 Å². The largest absolute Gasteiger partial charge is 0.342 e. The Morgan fingerprint density at radius 2 is 1.77 bits per heavy atom. The molecule has 5 nitrogen and oxygen atoms in total. The molecule has 0 atom stereocenters. The molecule has 0 aliphatic carbocycles. The molecule has 0 unspecified atom stereocenters. The highest BCUT2D eigenvalue weighted by molar-refractivity contribution is 7.92. The molecule has 1 amide bonds. The molecule has 0 aliphatic heterocycles. The first-order chi connectivity index (χ1) is 12.4. The first kappa shape index (κ1) is 20.0. The molecule has 2 aromatic carbocycles. The van der Waals surface area contributed by atoms with Crippen molar-refractivity contribution in [3.63, 3.8) is 0 Å². The number of rotatable bonds is 8. The van der Waals surface area contributed by atoms with Crippen molar-refractivity contribution in [2.75, 3.05) is 18.3 Å². The topological polar surface area (TPSA) is 66.5 Å². The van der Waals surface area contributed by atoms with Gasteiger partial charge in [0.2, 0.25) is 0 Å². The Hall–Kier alpha value is -2.34. The lowest BCUT2D eigenvalue weighted by atomic mass is 10.1. The molecule has 1 N–H and O–H groups in total. The summed E-state index contributed by atoms with van der Waals surface area (Å²) in [6.07, 6.45) is 3.22. The van der Waals surface area contributed by atoms with E-state index in [-0.39, 0.29) is 10.8 Å². The number of anilines is 1. The van der Waals surface area contributed by atoms with Crippen LogP contribution in [0.15, 0.2) is 53.4 Å². The molecule has 2 aromatic rings. The van der Waals surface area contributed by atoms with Gasteiger partial charge in [0.1, 0.15) is 0 Å². The Bertz CT molecular complexity index is 846. The summed E-state index contributed by atoms with van der Waals surface area (Å²) in [5.41, 5.74) is 2.05. The lowest BCUT2D eigenvalue weighted by Gasteiger charge is -2.15. The number of amides is 1. The lowest BCUT2D eigenvalue weighted by molar-refractivity contribution is 0.0802. The zero-order valence-electron chi connectivity index (χ0n) is 15.5. The highest BCUT2D eigenvalue weighted by Gasteiger charge is 2.17. The van der Waals surface area contributed by atoms with Gasteiger partial charge in [-0.05, 0) is 55.7 Å². The molecule has 0 heterocycles. The van der Waals surface area contributed by atoms with Gasteiger partial charge in [0.05, 0.1) is 4.90 Å². The summed E-state index contributed by atoms with van der Waals surface area (Å²) in [6, 6.07) is 13.5. The van der Waals surface area contributed by atoms with Crippen molar-refractivity contribution < 1.29 is 13.2 Å². The molecule has 0 saturated carbocycles. The van der Waals surface area contributed by atoms with Gasteiger partial charge in [-0.1, -0.05) is 31.5 Å². The Kier molecular flexibility index (Phi) is 6.80. The number of aryl methyl sites for hydroxylation is 1. The van der Waals surface area contributed by atoms with Crippen LogP contribution < -0.4 is 4.72 Å². The smallest absolute Gasteiger partial charge is 0.261 e. The molecular formula is C20H26N2O3S. The second-order valence-corrected chi connectivity index (χ2v) is 7.94. The van der Waals surface area contributed by atoms with Crippen LogP contribution in [0.5, 0.6) is 0 Å². The fourth-order valence-corrected chi connectivity index (χ4v) is 3.60. The number of carbonyl (C=O) groups is 1. The third kappa shape index (κ3) is 5.08. The molecule has 6 heteroatoms. The predicted octanol–water partition coefficient (Wildman–Crippen LogP) is 3.92. The molecule has 0 radical (unpaired) electrons. The lowest BCUT2D eigenvalue weighted by Crippen LogP contribution is -2.26. The summed E-state index contributed by atoms with van der Waals surface area (Å²) in [6.45, 7) is 4.56. The fourth-order valence-electron chi connectivity index (χ4n) is 2.49. The van der Waals surface area contributed by atoms with E-state index in [1.54, 1.807) is 31.3 Å². The predicted molar refractivity (Wildman–Crippen MR) is 105 cm³/mol. The van der Waals surface area contributed by atoms with E-state index in [4.69, 9.17) is 0 Å². The normalized spacial score (nSPS) is 11.2.